The largest absolute Gasteiger partial charge is 0.356 e. The minimum atomic E-state index is 0.767. The number of anilines is 1. The van der Waals surface area contributed by atoms with Gasteiger partial charge in [0.15, 0.2) is 0 Å². The minimum absolute atomic E-state index is 0.767. The number of rotatable bonds is 5. The number of hydrogen-bond acceptors (Lipinski definition) is 3. The van der Waals surface area contributed by atoms with Gasteiger partial charge in [-0.15, -0.1) is 0 Å². The molecule has 1 atom stereocenters. The Morgan fingerprint density at radius 1 is 1.40 bits per heavy atom. The number of hydrogen-bond donors (Lipinski definition) is 1. The molecule has 0 bridgehead atoms. The lowest BCUT2D eigenvalue weighted by atomic mass is 9.95. The van der Waals surface area contributed by atoms with Crippen LogP contribution in [0.3, 0.4) is 0 Å². The van der Waals surface area contributed by atoms with Gasteiger partial charge in [0.05, 0.1) is 0 Å². The third-order valence-corrected chi connectivity index (χ3v) is 4.47. The molecule has 3 nitrogen and oxygen atoms in total. The van der Waals surface area contributed by atoms with Crippen LogP contribution < -0.4 is 10.2 Å². The summed E-state index contributed by atoms with van der Waals surface area (Å²) in [6, 6.07) is 2.20. The summed E-state index contributed by atoms with van der Waals surface area (Å²) >= 11 is 0. The highest BCUT2D eigenvalue weighted by Gasteiger charge is 2.27. The molecule has 1 unspecified atom stereocenters. The first-order valence-electron chi connectivity index (χ1n) is 7.95. The van der Waals surface area contributed by atoms with Crippen LogP contribution in [0.2, 0.25) is 0 Å². The van der Waals surface area contributed by atoms with Crippen LogP contribution in [0.25, 0.3) is 0 Å². The van der Waals surface area contributed by atoms with Gasteiger partial charge < -0.3 is 10.2 Å². The van der Waals surface area contributed by atoms with E-state index in [1.807, 2.05) is 0 Å². The minimum Gasteiger partial charge on any atom is -0.356 e. The summed E-state index contributed by atoms with van der Waals surface area (Å²) in [5.41, 5.74) is 3.87. The predicted molar refractivity (Wildman–Crippen MR) is 86.2 cm³/mol. The van der Waals surface area contributed by atoms with Gasteiger partial charge in [-0.25, -0.2) is 4.98 Å². The van der Waals surface area contributed by atoms with Gasteiger partial charge in [-0.3, -0.25) is 0 Å². The van der Waals surface area contributed by atoms with Gasteiger partial charge in [-0.1, -0.05) is 20.8 Å². The summed E-state index contributed by atoms with van der Waals surface area (Å²) in [5, 5.41) is 3.46. The first kappa shape index (κ1) is 15.3. The van der Waals surface area contributed by atoms with E-state index in [-0.39, 0.29) is 0 Å². The summed E-state index contributed by atoms with van der Waals surface area (Å²) in [6.45, 7) is 15.4. The third-order valence-electron chi connectivity index (χ3n) is 4.47. The fourth-order valence-corrected chi connectivity index (χ4v) is 3.10. The van der Waals surface area contributed by atoms with Crippen molar-refractivity contribution < 1.29 is 0 Å². The zero-order valence-corrected chi connectivity index (χ0v) is 13.7. The summed E-state index contributed by atoms with van der Waals surface area (Å²) in [7, 11) is 0. The van der Waals surface area contributed by atoms with Gasteiger partial charge in [0.2, 0.25) is 0 Å². The molecular formula is C17H29N3. The van der Waals surface area contributed by atoms with Gasteiger partial charge in [0, 0.05) is 30.9 Å². The fourth-order valence-electron chi connectivity index (χ4n) is 3.10. The number of nitrogens with one attached hydrogen (secondary N) is 1. The van der Waals surface area contributed by atoms with Crippen LogP contribution in [0.15, 0.2) is 6.07 Å². The van der Waals surface area contributed by atoms with Gasteiger partial charge in [0.25, 0.3) is 0 Å². The molecule has 1 aliphatic heterocycles. The van der Waals surface area contributed by atoms with E-state index in [1.165, 1.54) is 23.4 Å². The molecule has 1 aromatic rings. The maximum absolute atomic E-state index is 4.85. The van der Waals surface area contributed by atoms with Crippen molar-refractivity contribution in [3.8, 4) is 0 Å². The van der Waals surface area contributed by atoms with E-state index in [9.17, 15) is 0 Å². The maximum atomic E-state index is 4.85. The molecule has 1 aliphatic rings. The predicted octanol–water partition coefficient (Wildman–Crippen LogP) is 3.29. The van der Waals surface area contributed by atoms with Crippen molar-refractivity contribution in [2.45, 2.75) is 47.6 Å². The summed E-state index contributed by atoms with van der Waals surface area (Å²) < 4.78 is 0. The Morgan fingerprint density at radius 3 is 2.75 bits per heavy atom. The highest BCUT2D eigenvalue weighted by atomic mass is 15.2. The van der Waals surface area contributed by atoms with Crippen LogP contribution in [0, 0.1) is 25.7 Å². The molecule has 3 heteroatoms. The molecule has 20 heavy (non-hydrogen) atoms. The Hall–Kier alpha value is -1.09. The Kier molecular flexibility index (Phi) is 5.03. The molecule has 0 saturated carbocycles. The number of pyridine rings is 1. The molecule has 112 valence electrons. The highest BCUT2D eigenvalue weighted by molar-refractivity contribution is 5.52. The van der Waals surface area contributed by atoms with E-state index < -0.39 is 0 Å². The van der Waals surface area contributed by atoms with Crippen LogP contribution in [0.1, 0.15) is 44.0 Å². The second kappa shape index (κ2) is 6.57. The molecule has 1 N–H and O–H groups in total. The van der Waals surface area contributed by atoms with E-state index in [2.05, 4.69) is 50.9 Å². The second-order valence-corrected chi connectivity index (χ2v) is 6.40. The molecule has 1 fully saturated rings. The Balaban J connectivity index is 2.25. The van der Waals surface area contributed by atoms with Crippen LogP contribution in [-0.2, 0) is 6.54 Å². The molecule has 0 spiro atoms. The topological polar surface area (TPSA) is 28.2 Å². The van der Waals surface area contributed by atoms with Crippen molar-refractivity contribution in [3.05, 3.63) is 22.9 Å². The normalized spacial score (nSPS) is 19.1. The van der Waals surface area contributed by atoms with Gasteiger partial charge in [-0.05, 0) is 50.3 Å². The molecule has 0 radical (unpaired) electrons. The fraction of sp³-hybridized carbons (Fsp3) is 0.706. The van der Waals surface area contributed by atoms with Crippen LogP contribution in [0.5, 0.6) is 0 Å². The van der Waals surface area contributed by atoms with Crippen molar-refractivity contribution in [1.82, 2.24) is 10.3 Å². The molecule has 2 rings (SSSR count). The van der Waals surface area contributed by atoms with Crippen LogP contribution >= 0.6 is 0 Å². The highest BCUT2D eigenvalue weighted by Crippen LogP contribution is 2.30. The molecule has 1 aromatic heterocycles. The number of aryl methyl sites for hydroxylation is 2. The lowest BCUT2D eigenvalue weighted by molar-refractivity contribution is 0.422. The van der Waals surface area contributed by atoms with Gasteiger partial charge in [0.1, 0.15) is 5.82 Å². The van der Waals surface area contributed by atoms with Crippen molar-refractivity contribution in [2.24, 2.45) is 11.8 Å². The Morgan fingerprint density at radius 2 is 2.15 bits per heavy atom. The average molecular weight is 275 g/mol. The summed E-state index contributed by atoms with van der Waals surface area (Å²) in [6.07, 6.45) is 1.30. The molecular weight excluding hydrogens is 246 g/mol. The Bertz CT molecular complexity index is 454. The quantitative estimate of drug-likeness (QED) is 0.894. The zero-order valence-electron chi connectivity index (χ0n) is 13.7. The van der Waals surface area contributed by atoms with Crippen molar-refractivity contribution in [1.29, 1.82) is 0 Å². The van der Waals surface area contributed by atoms with Gasteiger partial charge in [-0.2, -0.15) is 0 Å². The standard InChI is InChI=1S/C17H29N3/c1-6-18-10-16-13(4)9-14(5)19-17(16)20-8-7-15(11-20)12(2)3/h9,12,15,18H,6-8,10-11H2,1-5H3. The number of aromatic nitrogens is 1. The summed E-state index contributed by atoms with van der Waals surface area (Å²) in [4.78, 5) is 7.35. The molecule has 2 heterocycles. The molecule has 1 saturated heterocycles. The van der Waals surface area contributed by atoms with Crippen molar-refractivity contribution in [2.75, 3.05) is 24.5 Å². The number of nitrogens with zero attached hydrogens (tertiary/aromatic N) is 2. The first-order chi connectivity index (χ1) is 9.52. The van der Waals surface area contributed by atoms with E-state index in [1.54, 1.807) is 0 Å². The van der Waals surface area contributed by atoms with Gasteiger partial charge >= 0.3 is 0 Å². The summed E-state index contributed by atoms with van der Waals surface area (Å²) in [5.74, 6) is 2.79. The van der Waals surface area contributed by atoms with E-state index in [0.717, 1.165) is 43.7 Å². The van der Waals surface area contributed by atoms with Crippen molar-refractivity contribution in [3.63, 3.8) is 0 Å². The van der Waals surface area contributed by atoms with E-state index in [4.69, 9.17) is 4.98 Å². The third kappa shape index (κ3) is 3.32. The van der Waals surface area contributed by atoms with Crippen molar-refractivity contribution >= 4 is 5.82 Å². The van der Waals surface area contributed by atoms with Crippen LogP contribution in [0.4, 0.5) is 5.82 Å². The van der Waals surface area contributed by atoms with Crippen LogP contribution in [-0.4, -0.2) is 24.6 Å². The monoisotopic (exact) mass is 275 g/mol. The maximum Gasteiger partial charge on any atom is 0.133 e. The lowest BCUT2D eigenvalue weighted by Crippen LogP contribution is -2.26. The van der Waals surface area contributed by atoms with E-state index in [0.29, 0.717) is 0 Å². The Labute approximate surface area is 123 Å². The zero-order chi connectivity index (χ0) is 14.7. The molecule has 0 aromatic carbocycles. The lowest BCUT2D eigenvalue weighted by Gasteiger charge is -2.24. The SMILES string of the molecule is CCNCc1c(C)cc(C)nc1N1CCC(C(C)C)C1. The molecule has 0 aliphatic carbocycles. The second-order valence-electron chi connectivity index (χ2n) is 6.40. The first-order valence-corrected chi connectivity index (χ1v) is 7.95. The molecule has 0 amide bonds. The van der Waals surface area contributed by atoms with E-state index >= 15 is 0 Å². The average Bonchev–Trinajstić information content (AvgIpc) is 2.86. The smallest absolute Gasteiger partial charge is 0.133 e.